The summed E-state index contributed by atoms with van der Waals surface area (Å²) in [4.78, 5) is 11.2. The number of nitrogens with two attached hydrogens (primary N) is 1. The summed E-state index contributed by atoms with van der Waals surface area (Å²) in [7, 11) is 0. The van der Waals surface area contributed by atoms with Gasteiger partial charge in [0.25, 0.3) is 0 Å². The van der Waals surface area contributed by atoms with E-state index < -0.39 is 11.6 Å². The van der Waals surface area contributed by atoms with Crippen LogP contribution in [-0.2, 0) is 9.53 Å². The van der Waals surface area contributed by atoms with Gasteiger partial charge in [-0.3, -0.25) is 4.79 Å². The average molecular weight is 199 g/mol. The number of hydrogen-bond acceptors (Lipinski definition) is 4. The van der Waals surface area contributed by atoms with Crippen LogP contribution >= 0.6 is 0 Å². The Labute approximate surface area is 83.4 Å². The molecule has 0 aromatic carbocycles. The fraction of sp³-hybridized carbons (Fsp3) is 0.900. The standard InChI is InChI=1S/C10H17NO3/c1-2-14-8(12)7(11)3-9-4-10(13,5-9)6-9/h7,13H,2-6,11H2,1H3. The molecule has 3 fully saturated rings. The minimum absolute atomic E-state index is 0.154. The molecule has 4 nitrogen and oxygen atoms in total. The maximum absolute atomic E-state index is 11.2. The molecule has 14 heavy (non-hydrogen) atoms. The molecule has 1 unspecified atom stereocenters. The highest BCUT2D eigenvalue weighted by Gasteiger charge is 2.67. The second-order valence-corrected chi connectivity index (χ2v) is 4.82. The molecule has 3 N–H and O–H groups in total. The average Bonchev–Trinajstić information content (AvgIpc) is 2.00. The van der Waals surface area contributed by atoms with Crippen molar-refractivity contribution in [3.05, 3.63) is 0 Å². The number of aliphatic hydroxyl groups is 1. The lowest BCUT2D eigenvalue weighted by Crippen LogP contribution is -2.68. The van der Waals surface area contributed by atoms with E-state index in [-0.39, 0.29) is 11.4 Å². The molecule has 80 valence electrons. The van der Waals surface area contributed by atoms with Crippen LogP contribution in [0.2, 0.25) is 0 Å². The molecule has 0 spiro atoms. The van der Waals surface area contributed by atoms with Crippen molar-refractivity contribution in [1.82, 2.24) is 0 Å². The lowest BCUT2D eigenvalue weighted by Gasteiger charge is -2.68. The minimum atomic E-state index is -0.514. The third-order valence-electron chi connectivity index (χ3n) is 3.35. The third kappa shape index (κ3) is 1.42. The summed E-state index contributed by atoms with van der Waals surface area (Å²) in [5.74, 6) is -0.316. The van der Waals surface area contributed by atoms with Crippen molar-refractivity contribution in [2.24, 2.45) is 11.1 Å². The Morgan fingerprint density at radius 3 is 2.57 bits per heavy atom. The summed E-state index contributed by atoms with van der Waals surface area (Å²) in [6.07, 6.45) is 3.10. The van der Waals surface area contributed by atoms with Crippen LogP contribution in [0.1, 0.15) is 32.6 Å². The zero-order valence-electron chi connectivity index (χ0n) is 8.45. The quantitative estimate of drug-likeness (QED) is 0.634. The topological polar surface area (TPSA) is 72.5 Å². The maximum Gasteiger partial charge on any atom is 0.322 e. The number of carbonyl (C=O) groups is 1. The first kappa shape index (κ1) is 9.93. The van der Waals surface area contributed by atoms with E-state index >= 15 is 0 Å². The van der Waals surface area contributed by atoms with Crippen LogP contribution in [-0.4, -0.2) is 29.3 Å². The molecule has 0 saturated heterocycles. The summed E-state index contributed by atoms with van der Waals surface area (Å²) in [5, 5.41) is 9.54. The van der Waals surface area contributed by atoms with E-state index in [1.807, 2.05) is 0 Å². The molecule has 3 aliphatic carbocycles. The molecule has 2 bridgehead atoms. The van der Waals surface area contributed by atoms with Gasteiger partial charge in [0.15, 0.2) is 0 Å². The Morgan fingerprint density at radius 1 is 1.57 bits per heavy atom. The van der Waals surface area contributed by atoms with Crippen molar-refractivity contribution in [3.8, 4) is 0 Å². The van der Waals surface area contributed by atoms with Crippen LogP contribution in [0.4, 0.5) is 0 Å². The Balaban J connectivity index is 1.78. The van der Waals surface area contributed by atoms with Gasteiger partial charge in [0, 0.05) is 0 Å². The van der Waals surface area contributed by atoms with Crippen molar-refractivity contribution >= 4 is 5.97 Å². The molecule has 4 heteroatoms. The summed E-state index contributed by atoms with van der Waals surface area (Å²) in [5.41, 5.74) is 5.46. The fourth-order valence-electron chi connectivity index (χ4n) is 2.95. The number of ether oxygens (including phenoxy) is 1. The van der Waals surface area contributed by atoms with Crippen LogP contribution in [0.5, 0.6) is 0 Å². The van der Waals surface area contributed by atoms with E-state index in [4.69, 9.17) is 10.5 Å². The largest absolute Gasteiger partial charge is 0.465 e. The van der Waals surface area contributed by atoms with Gasteiger partial charge in [-0.05, 0) is 38.0 Å². The second kappa shape index (κ2) is 2.94. The van der Waals surface area contributed by atoms with Crippen molar-refractivity contribution in [2.45, 2.75) is 44.2 Å². The van der Waals surface area contributed by atoms with Crippen LogP contribution in [0, 0.1) is 5.41 Å². The Kier molecular flexibility index (Phi) is 2.08. The van der Waals surface area contributed by atoms with Crippen LogP contribution < -0.4 is 5.73 Å². The van der Waals surface area contributed by atoms with Crippen LogP contribution in [0.3, 0.4) is 0 Å². The first-order valence-corrected chi connectivity index (χ1v) is 5.13. The molecule has 0 radical (unpaired) electrons. The zero-order valence-corrected chi connectivity index (χ0v) is 8.45. The van der Waals surface area contributed by atoms with Gasteiger partial charge in [0.1, 0.15) is 6.04 Å². The van der Waals surface area contributed by atoms with E-state index in [0.29, 0.717) is 13.0 Å². The normalized spacial score (nSPS) is 40.8. The predicted molar refractivity (Wildman–Crippen MR) is 50.5 cm³/mol. The number of hydrogen-bond donors (Lipinski definition) is 2. The van der Waals surface area contributed by atoms with Gasteiger partial charge in [-0.1, -0.05) is 0 Å². The van der Waals surface area contributed by atoms with Crippen molar-refractivity contribution in [1.29, 1.82) is 0 Å². The molecular weight excluding hydrogens is 182 g/mol. The van der Waals surface area contributed by atoms with Crippen LogP contribution in [0.25, 0.3) is 0 Å². The highest BCUT2D eigenvalue weighted by atomic mass is 16.5. The molecule has 3 aliphatic rings. The SMILES string of the molecule is CCOC(=O)C(N)CC12CC(O)(C1)C2. The van der Waals surface area contributed by atoms with Gasteiger partial charge in [-0.25, -0.2) is 0 Å². The van der Waals surface area contributed by atoms with E-state index in [9.17, 15) is 9.90 Å². The number of rotatable bonds is 4. The second-order valence-electron chi connectivity index (χ2n) is 4.82. The predicted octanol–water partition coefficient (Wildman–Crippen LogP) is 0.182. The zero-order chi connectivity index (χ0) is 10.4. The van der Waals surface area contributed by atoms with E-state index in [1.54, 1.807) is 6.92 Å². The number of esters is 1. The maximum atomic E-state index is 11.2. The molecule has 0 aliphatic heterocycles. The van der Waals surface area contributed by atoms with Gasteiger partial charge in [-0.15, -0.1) is 0 Å². The minimum Gasteiger partial charge on any atom is -0.465 e. The van der Waals surface area contributed by atoms with Gasteiger partial charge in [0.05, 0.1) is 12.2 Å². The van der Waals surface area contributed by atoms with Gasteiger partial charge in [0.2, 0.25) is 0 Å². The van der Waals surface area contributed by atoms with Crippen molar-refractivity contribution in [3.63, 3.8) is 0 Å². The Bertz CT molecular complexity index is 244. The summed E-state index contributed by atoms with van der Waals surface area (Å²) in [6.45, 7) is 2.15. The summed E-state index contributed by atoms with van der Waals surface area (Å²) in [6, 6.07) is -0.514. The molecule has 0 amide bonds. The van der Waals surface area contributed by atoms with Crippen molar-refractivity contribution in [2.75, 3.05) is 6.61 Å². The van der Waals surface area contributed by atoms with Gasteiger partial charge in [-0.2, -0.15) is 0 Å². The molecule has 0 aromatic rings. The van der Waals surface area contributed by atoms with Gasteiger partial charge >= 0.3 is 5.97 Å². The molecule has 0 aromatic heterocycles. The smallest absolute Gasteiger partial charge is 0.322 e. The first-order valence-electron chi connectivity index (χ1n) is 5.13. The Hall–Kier alpha value is -0.610. The Morgan fingerprint density at radius 2 is 2.14 bits per heavy atom. The molecule has 3 saturated carbocycles. The molecular formula is C10H17NO3. The lowest BCUT2D eigenvalue weighted by molar-refractivity contribution is -0.263. The van der Waals surface area contributed by atoms with Crippen molar-refractivity contribution < 1.29 is 14.6 Å². The first-order chi connectivity index (χ1) is 6.49. The highest BCUT2D eigenvalue weighted by molar-refractivity contribution is 5.75. The van der Waals surface area contributed by atoms with Gasteiger partial charge < -0.3 is 15.6 Å². The molecule has 1 atom stereocenters. The third-order valence-corrected chi connectivity index (χ3v) is 3.35. The molecule has 0 heterocycles. The monoisotopic (exact) mass is 199 g/mol. The molecule has 3 rings (SSSR count). The summed E-state index contributed by atoms with van der Waals surface area (Å²) >= 11 is 0. The fourth-order valence-corrected chi connectivity index (χ4v) is 2.95. The van der Waals surface area contributed by atoms with E-state index in [2.05, 4.69) is 0 Å². The van der Waals surface area contributed by atoms with E-state index in [0.717, 1.165) is 19.3 Å². The van der Waals surface area contributed by atoms with E-state index in [1.165, 1.54) is 0 Å². The number of carbonyl (C=O) groups excluding carboxylic acids is 1. The van der Waals surface area contributed by atoms with Crippen LogP contribution in [0.15, 0.2) is 0 Å². The lowest BCUT2D eigenvalue weighted by atomic mass is 9.40. The highest BCUT2D eigenvalue weighted by Crippen LogP contribution is 2.69. The summed E-state index contributed by atoms with van der Waals surface area (Å²) < 4.78 is 4.83.